The molecule has 1 unspecified atom stereocenters. The number of nitrogens with two attached hydrogens (primary N) is 1. The maximum Gasteiger partial charge on any atom is 0.154 e. The van der Waals surface area contributed by atoms with Crippen molar-refractivity contribution in [2.24, 2.45) is 5.84 Å². The average Bonchev–Trinajstić information content (AvgIpc) is 2.77. The summed E-state index contributed by atoms with van der Waals surface area (Å²) in [4.78, 5) is 0. The van der Waals surface area contributed by atoms with Gasteiger partial charge in [0.2, 0.25) is 0 Å². The zero-order valence-electron chi connectivity index (χ0n) is 11.9. The van der Waals surface area contributed by atoms with Gasteiger partial charge in [-0.15, -0.1) is 11.3 Å². The molecule has 0 saturated heterocycles. The highest BCUT2D eigenvalue weighted by Crippen LogP contribution is 2.29. The van der Waals surface area contributed by atoms with Gasteiger partial charge in [0.05, 0.1) is 4.75 Å². The van der Waals surface area contributed by atoms with Crippen LogP contribution in [0.1, 0.15) is 19.4 Å². The fraction of sp³-hybridized carbons (Fsp3) is 0.429. The van der Waals surface area contributed by atoms with E-state index in [1.54, 1.807) is 25.2 Å². The molecule has 1 heterocycles. The van der Waals surface area contributed by atoms with Crippen LogP contribution in [-0.4, -0.2) is 25.5 Å². The van der Waals surface area contributed by atoms with Gasteiger partial charge in [0.15, 0.2) is 9.84 Å². The predicted octanol–water partition coefficient (Wildman–Crippen LogP) is 2.10. The minimum atomic E-state index is -3.21. The summed E-state index contributed by atoms with van der Waals surface area (Å²) in [5, 5.41) is 3.25. The lowest BCUT2D eigenvalue weighted by atomic mass is 9.96. The minimum Gasteiger partial charge on any atom is -0.271 e. The Labute approximate surface area is 123 Å². The van der Waals surface area contributed by atoms with Crippen molar-refractivity contribution < 1.29 is 8.42 Å². The molecule has 0 radical (unpaired) electrons. The zero-order chi connectivity index (χ0) is 15.0. The number of hydrogen-bond acceptors (Lipinski definition) is 5. The van der Waals surface area contributed by atoms with Gasteiger partial charge in [-0.05, 0) is 42.7 Å². The smallest absolute Gasteiger partial charge is 0.154 e. The van der Waals surface area contributed by atoms with Crippen LogP contribution < -0.4 is 11.3 Å². The number of fused-ring (bicyclic) bond motifs is 1. The Morgan fingerprint density at radius 1 is 1.35 bits per heavy atom. The lowest BCUT2D eigenvalue weighted by Gasteiger charge is -2.32. The van der Waals surface area contributed by atoms with Gasteiger partial charge < -0.3 is 0 Å². The molecular weight excluding hydrogens is 292 g/mol. The van der Waals surface area contributed by atoms with Gasteiger partial charge in [0, 0.05) is 17.0 Å². The fourth-order valence-electron chi connectivity index (χ4n) is 2.17. The van der Waals surface area contributed by atoms with Crippen LogP contribution in [0.5, 0.6) is 0 Å². The molecule has 1 atom stereocenters. The van der Waals surface area contributed by atoms with Gasteiger partial charge in [-0.3, -0.25) is 11.3 Å². The Morgan fingerprint density at radius 2 is 2.00 bits per heavy atom. The molecule has 0 aliphatic carbocycles. The average molecular weight is 312 g/mol. The summed E-state index contributed by atoms with van der Waals surface area (Å²) >= 11 is 1.67. The largest absolute Gasteiger partial charge is 0.271 e. The van der Waals surface area contributed by atoms with Crippen molar-refractivity contribution in [2.45, 2.75) is 31.1 Å². The lowest BCUT2D eigenvalue weighted by Crippen LogP contribution is -2.55. The Hall–Kier alpha value is -0.950. The molecule has 110 valence electrons. The number of sulfone groups is 1. The molecule has 0 bridgehead atoms. The third-order valence-corrected chi connectivity index (χ3v) is 7.19. The molecule has 0 fully saturated rings. The quantitative estimate of drug-likeness (QED) is 0.655. The molecule has 1 aromatic heterocycles. The Kier molecular flexibility index (Phi) is 4.20. The third kappa shape index (κ3) is 2.74. The molecule has 0 aliphatic rings. The van der Waals surface area contributed by atoms with Crippen molar-refractivity contribution >= 4 is 31.3 Å². The van der Waals surface area contributed by atoms with Crippen molar-refractivity contribution in [1.29, 1.82) is 0 Å². The van der Waals surface area contributed by atoms with E-state index in [9.17, 15) is 8.42 Å². The summed E-state index contributed by atoms with van der Waals surface area (Å²) < 4.78 is 24.2. The predicted molar refractivity (Wildman–Crippen MR) is 85.6 cm³/mol. The second kappa shape index (κ2) is 5.44. The van der Waals surface area contributed by atoms with E-state index in [2.05, 4.69) is 22.9 Å². The molecule has 0 aliphatic heterocycles. The monoisotopic (exact) mass is 312 g/mol. The van der Waals surface area contributed by atoms with Crippen molar-refractivity contribution in [3.63, 3.8) is 0 Å². The Morgan fingerprint density at radius 3 is 2.60 bits per heavy atom. The van der Waals surface area contributed by atoms with E-state index in [-0.39, 0.29) is 6.04 Å². The van der Waals surface area contributed by atoms with Crippen molar-refractivity contribution in [3.8, 4) is 0 Å². The third-order valence-electron chi connectivity index (χ3n) is 3.98. The molecule has 20 heavy (non-hydrogen) atoms. The van der Waals surface area contributed by atoms with Crippen LogP contribution in [0.4, 0.5) is 0 Å². The van der Waals surface area contributed by atoms with E-state index < -0.39 is 14.6 Å². The molecule has 1 aromatic carbocycles. The van der Waals surface area contributed by atoms with Crippen molar-refractivity contribution in [1.82, 2.24) is 5.43 Å². The number of nitrogens with one attached hydrogen (secondary N) is 1. The molecule has 2 rings (SSSR count). The van der Waals surface area contributed by atoms with Crippen LogP contribution in [0.15, 0.2) is 29.6 Å². The standard InChI is InChI=1S/C14H20N2O2S2/c1-14(2,20(3,17)18)13(16-15)8-10-9-19-12-7-5-4-6-11(10)12/h4-7,9,13,16H,8,15H2,1-3H3. The first-order chi connectivity index (χ1) is 9.27. The minimum absolute atomic E-state index is 0.337. The van der Waals surface area contributed by atoms with Gasteiger partial charge in [-0.1, -0.05) is 18.2 Å². The first-order valence-electron chi connectivity index (χ1n) is 6.38. The van der Waals surface area contributed by atoms with E-state index in [1.165, 1.54) is 16.3 Å². The van der Waals surface area contributed by atoms with Gasteiger partial charge in [0.1, 0.15) is 0 Å². The Balaban J connectivity index is 2.36. The second-order valence-electron chi connectivity index (χ2n) is 5.56. The Bertz CT molecular complexity index is 705. The summed E-state index contributed by atoms with van der Waals surface area (Å²) in [5.41, 5.74) is 3.81. The normalized spacial score (nSPS) is 14.6. The SMILES string of the molecule is CC(C)(C(Cc1csc2ccccc12)NN)S(C)(=O)=O. The van der Waals surface area contributed by atoms with Crippen LogP contribution in [0.2, 0.25) is 0 Å². The lowest BCUT2D eigenvalue weighted by molar-refractivity contribution is 0.414. The van der Waals surface area contributed by atoms with Gasteiger partial charge >= 0.3 is 0 Å². The summed E-state index contributed by atoms with van der Waals surface area (Å²) in [5.74, 6) is 5.61. The summed E-state index contributed by atoms with van der Waals surface area (Å²) in [6, 6.07) is 7.78. The molecular formula is C14H20N2O2S2. The highest BCUT2D eigenvalue weighted by molar-refractivity contribution is 7.92. The molecule has 0 amide bonds. The van der Waals surface area contributed by atoms with Crippen LogP contribution in [0, 0.1) is 0 Å². The van der Waals surface area contributed by atoms with Gasteiger partial charge in [-0.25, -0.2) is 8.42 Å². The van der Waals surface area contributed by atoms with E-state index >= 15 is 0 Å². The van der Waals surface area contributed by atoms with E-state index in [0.29, 0.717) is 6.42 Å². The van der Waals surface area contributed by atoms with Crippen LogP contribution in [-0.2, 0) is 16.3 Å². The highest BCUT2D eigenvalue weighted by Gasteiger charge is 2.38. The second-order valence-corrected chi connectivity index (χ2v) is 9.06. The molecule has 6 heteroatoms. The van der Waals surface area contributed by atoms with Crippen molar-refractivity contribution in [3.05, 3.63) is 35.2 Å². The van der Waals surface area contributed by atoms with Gasteiger partial charge in [-0.2, -0.15) is 0 Å². The van der Waals surface area contributed by atoms with E-state index in [4.69, 9.17) is 5.84 Å². The van der Waals surface area contributed by atoms with Crippen LogP contribution in [0.25, 0.3) is 10.1 Å². The summed E-state index contributed by atoms with van der Waals surface area (Å²) in [6.45, 7) is 3.42. The van der Waals surface area contributed by atoms with E-state index in [0.717, 1.165) is 5.56 Å². The van der Waals surface area contributed by atoms with Crippen molar-refractivity contribution in [2.75, 3.05) is 6.26 Å². The van der Waals surface area contributed by atoms with E-state index in [1.807, 2.05) is 12.1 Å². The van der Waals surface area contributed by atoms with Crippen LogP contribution >= 0.6 is 11.3 Å². The summed E-state index contributed by atoms with van der Waals surface area (Å²) in [7, 11) is -3.21. The number of thiophene rings is 1. The molecule has 0 spiro atoms. The zero-order valence-corrected chi connectivity index (χ0v) is 13.5. The molecule has 2 aromatic rings. The number of benzene rings is 1. The van der Waals surface area contributed by atoms with Crippen LogP contribution in [0.3, 0.4) is 0 Å². The molecule has 3 N–H and O–H groups in total. The number of rotatable bonds is 5. The summed E-state index contributed by atoms with van der Waals surface area (Å²) in [6.07, 6.45) is 1.84. The first kappa shape index (κ1) is 15.4. The topological polar surface area (TPSA) is 72.2 Å². The van der Waals surface area contributed by atoms with Gasteiger partial charge in [0.25, 0.3) is 0 Å². The maximum absolute atomic E-state index is 12.0. The number of hydrogen-bond donors (Lipinski definition) is 2. The first-order valence-corrected chi connectivity index (χ1v) is 9.15. The molecule has 0 saturated carbocycles. The fourth-order valence-corrected chi connectivity index (χ4v) is 3.82. The maximum atomic E-state index is 12.0. The number of hydrazine groups is 1. The molecule has 4 nitrogen and oxygen atoms in total. The highest BCUT2D eigenvalue weighted by atomic mass is 32.2.